The van der Waals surface area contributed by atoms with Gasteiger partial charge in [-0.2, -0.15) is 0 Å². The number of benzene rings is 10. The molecule has 0 saturated heterocycles. The summed E-state index contributed by atoms with van der Waals surface area (Å²) >= 11 is 0. The molecule has 61 heavy (non-hydrogen) atoms. The fraction of sp³-hybridized carbons (Fsp3) is 0. The maximum atomic E-state index is 6.50. The molecule has 12 rings (SSSR count). The minimum absolute atomic E-state index is 0.584. The summed E-state index contributed by atoms with van der Waals surface area (Å²) < 4.78 is 6.50. The Balaban J connectivity index is 0.934. The van der Waals surface area contributed by atoms with Crippen LogP contribution >= 0.6 is 0 Å². The largest absolute Gasteiger partial charge is 0.456 e. The highest BCUT2D eigenvalue weighted by molar-refractivity contribution is 6.25. The molecule has 2 heterocycles. The van der Waals surface area contributed by atoms with Gasteiger partial charge < -0.3 is 4.42 Å². The molecule has 0 radical (unpaired) electrons. The van der Waals surface area contributed by atoms with E-state index in [1.54, 1.807) is 0 Å². The molecule has 4 nitrogen and oxygen atoms in total. The molecule has 0 bridgehead atoms. The van der Waals surface area contributed by atoms with Crippen LogP contribution in [0.15, 0.2) is 217 Å². The van der Waals surface area contributed by atoms with Crippen molar-refractivity contribution in [2.45, 2.75) is 0 Å². The van der Waals surface area contributed by atoms with E-state index in [2.05, 4.69) is 170 Å². The van der Waals surface area contributed by atoms with Crippen LogP contribution in [0.2, 0.25) is 0 Å². The number of rotatable bonds is 6. The second-order valence-corrected chi connectivity index (χ2v) is 15.6. The molecular formula is C57H35N3O. The lowest BCUT2D eigenvalue weighted by atomic mass is 9.91. The highest BCUT2D eigenvalue weighted by Gasteiger charge is 2.16. The van der Waals surface area contributed by atoms with Gasteiger partial charge in [0.2, 0.25) is 0 Å². The normalized spacial score (nSPS) is 11.6. The first kappa shape index (κ1) is 34.8. The van der Waals surface area contributed by atoms with Gasteiger partial charge in [-0.3, -0.25) is 0 Å². The third-order valence-electron chi connectivity index (χ3n) is 11.9. The van der Waals surface area contributed by atoms with Gasteiger partial charge in [-0.15, -0.1) is 0 Å². The molecule has 0 amide bonds. The number of aromatic nitrogens is 3. The minimum atomic E-state index is 0.584. The van der Waals surface area contributed by atoms with Gasteiger partial charge in [0.05, 0.1) is 0 Å². The van der Waals surface area contributed by atoms with Gasteiger partial charge in [-0.25, -0.2) is 15.0 Å². The summed E-state index contributed by atoms with van der Waals surface area (Å²) in [6.45, 7) is 0. The Morgan fingerprint density at radius 1 is 0.213 bits per heavy atom. The maximum absolute atomic E-state index is 6.50. The monoisotopic (exact) mass is 777 g/mol. The standard InChI is InChI=1S/C57H35N3O/c1-3-13-36(14-4-1)42-26-29-50-51-30-27-44(35-54(51)61-53(50)34-42)57-59-55(37-15-5-2-6-16-37)58-56(60-57)43-20-12-19-40(32-43)38-17-11-18-39(31-38)41-25-28-49-47-23-8-7-21-45(47)46-22-9-10-24-48(46)52(49)33-41/h1-35H. The van der Waals surface area contributed by atoms with Crippen molar-refractivity contribution >= 4 is 54.3 Å². The molecule has 0 aliphatic carbocycles. The summed E-state index contributed by atoms with van der Waals surface area (Å²) in [5, 5.41) is 9.76. The Morgan fingerprint density at radius 2 is 0.557 bits per heavy atom. The Morgan fingerprint density at radius 3 is 1.13 bits per heavy atom. The second kappa shape index (κ2) is 14.3. The zero-order valence-electron chi connectivity index (χ0n) is 33.0. The quantitative estimate of drug-likeness (QED) is 0.158. The van der Waals surface area contributed by atoms with Crippen LogP contribution in [0.1, 0.15) is 0 Å². The van der Waals surface area contributed by atoms with Crippen LogP contribution in [0.25, 0.3) is 122 Å². The third kappa shape index (κ3) is 6.12. The summed E-state index contributed by atoms with van der Waals surface area (Å²) in [6.07, 6.45) is 0. The number of hydrogen-bond acceptors (Lipinski definition) is 4. The van der Waals surface area contributed by atoms with E-state index in [0.717, 1.165) is 66.4 Å². The third-order valence-corrected chi connectivity index (χ3v) is 11.9. The van der Waals surface area contributed by atoms with E-state index in [0.29, 0.717) is 17.5 Å². The number of hydrogen-bond donors (Lipinski definition) is 0. The van der Waals surface area contributed by atoms with E-state index in [-0.39, 0.29) is 0 Å². The Bertz CT molecular complexity index is 3610. The second-order valence-electron chi connectivity index (χ2n) is 15.6. The predicted octanol–water partition coefficient (Wildman–Crippen LogP) is 15.2. The van der Waals surface area contributed by atoms with Crippen molar-refractivity contribution in [1.82, 2.24) is 15.0 Å². The molecule has 2 aromatic heterocycles. The lowest BCUT2D eigenvalue weighted by Gasteiger charge is -2.13. The number of furan rings is 1. The van der Waals surface area contributed by atoms with E-state index in [1.807, 2.05) is 42.5 Å². The van der Waals surface area contributed by atoms with Crippen LogP contribution in [-0.2, 0) is 0 Å². The van der Waals surface area contributed by atoms with E-state index in [9.17, 15) is 0 Å². The van der Waals surface area contributed by atoms with Gasteiger partial charge >= 0.3 is 0 Å². The lowest BCUT2D eigenvalue weighted by Crippen LogP contribution is -2.00. The zero-order valence-corrected chi connectivity index (χ0v) is 33.0. The van der Waals surface area contributed by atoms with Crippen LogP contribution in [0, 0.1) is 0 Å². The molecule has 4 heteroatoms. The molecule has 0 fully saturated rings. The molecule has 0 atom stereocenters. The highest BCUT2D eigenvalue weighted by Crippen LogP contribution is 2.39. The van der Waals surface area contributed by atoms with E-state index in [1.165, 1.54) is 37.9 Å². The fourth-order valence-corrected chi connectivity index (χ4v) is 8.88. The van der Waals surface area contributed by atoms with Crippen molar-refractivity contribution in [2.24, 2.45) is 0 Å². The van der Waals surface area contributed by atoms with Crippen molar-refractivity contribution in [3.8, 4) is 67.5 Å². The van der Waals surface area contributed by atoms with Gasteiger partial charge in [-0.05, 0) is 108 Å². The first-order chi connectivity index (χ1) is 30.2. The average Bonchev–Trinajstić information content (AvgIpc) is 3.72. The maximum Gasteiger partial charge on any atom is 0.164 e. The summed E-state index contributed by atoms with van der Waals surface area (Å²) in [6, 6.07) is 74.8. The van der Waals surface area contributed by atoms with Crippen molar-refractivity contribution in [3.63, 3.8) is 0 Å². The SMILES string of the molecule is c1ccc(-c2ccc3c(c2)oc2cc(-c4nc(-c5ccccc5)nc(-c5cccc(-c6cccc(-c7ccc8c9ccccc9c9ccccc9c8c7)c6)c5)n4)ccc23)cc1. The van der Waals surface area contributed by atoms with Gasteiger partial charge in [0, 0.05) is 27.5 Å². The molecule has 10 aromatic carbocycles. The van der Waals surface area contributed by atoms with Crippen LogP contribution in [0.4, 0.5) is 0 Å². The highest BCUT2D eigenvalue weighted by atomic mass is 16.3. The topological polar surface area (TPSA) is 51.8 Å². The molecule has 0 spiro atoms. The molecular weight excluding hydrogens is 743 g/mol. The van der Waals surface area contributed by atoms with E-state index in [4.69, 9.17) is 19.4 Å². The van der Waals surface area contributed by atoms with Crippen molar-refractivity contribution in [3.05, 3.63) is 212 Å². The van der Waals surface area contributed by atoms with Gasteiger partial charge in [0.15, 0.2) is 17.5 Å². The van der Waals surface area contributed by atoms with Crippen LogP contribution < -0.4 is 0 Å². The Labute approximate surface area is 352 Å². The van der Waals surface area contributed by atoms with Crippen molar-refractivity contribution in [1.29, 1.82) is 0 Å². The molecule has 0 N–H and O–H groups in total. The Kier molecular flexibility index (Phi) is 8.13. The molecule has 12 aromatic rings. The van der Waals surface area contributed by atoms with E-state index >= 15 is 0 Å². The van der Waals surface area contributed by atoms with Gasteiger partial charge in [0.1, 0.15) is 11.2 Å². The smallest absolute Gasteiger partial charge is 0.164 e. The number of nitrogens with zero attached hydrogens (tertiary/aromatic N) is 3. The molecule has 284 valence electrons. The van der Waals surface area contributed by atoms with Crippen molar-refractivity contribution < 1.29 is 4.42 Å². The Hall–Kier alpha value is -8.21. The first-order valence-electron chi connectivity index (χ1n) is 20.6. The molecule has 0 aliphatic rings. The van der Waals surface area contributed by atoms with Crippen LogP contribution in [-0.4, -0.2) is 15.0 Å². The zero-order chi connectivity index (χ0) is 40.3. The molecule has 0 unspecified atom stereocenters. The van der Waals surface area contributed by atoms with Gasteiger partial charge in [-0.1, -0.05) is 170 Å². The van der Waals surface area contributed by atoms with Crippen molar-refractivity contribution in [2.75, 3.05) is 0 Å². The minimum Gasteiger partial charge on any atom is -0.456 e. The first-order valence-corrected chi connectivity index (χ1v) is 20.6. The summed E-state index contributed by atoms with van der Waals surface area (Å²) in [5.41, 5.74) is 11.1. The summed E-state index contributed by atoms with van der Waals surface area (Å²) in [4.78, 5) is 15.2. The summed E-state index contributed by atoms with van der Waals surface area (Å²) in [5.74, 6) is 1.80. The number of fused-ring (bicyclic) bond motifs is 9. The fourth-order valence-electron chi connectivity index (χ4n) is 8.88. The van der Waals surface area contributed by atoms with Crippen LogP contribution in [0.5, 0.6) is 0 Å². The lowest BCUT2D eigenvalue weighted by molar-refractivity contribution is 0.669. The average molecular weight is 778 g/mol. The molecule has 0 saturated carbocycles. The predicted molar refractivity (Wildman–Crippen MR) is 252 cm³/mol. The summed E-state index contributed by atoms with van der Waals surface area (Å²) in [7, 11) is 0. The van der Waals surface area contributed by atoms with Gasteiger partial charge in [0.25, 0.3) is 0 Å². The van der Waals surface area contributed by atoms with E-state index < -0.39 is 0 Å². The molecule has 0 aliphatic heterocycles. The van der Waals surface area contributed by atoms with Crippen LogP contribution in [0.3, 0.4) is 0 Å².